The molecule has 0 radical (unpaired) electrons. The summed E-state index contributed by atoms with van der Waals surface area (Å²) in [5.74, 6) is 0.984. The van der Waals surface area contributed by atoms with Gasteiger partial charge in [0.1, 0.15) is 5.82 Å². The highest BCUT2D eigenvalue weighted by Gasteiger charge is 1.83. The first-order valence-corrected chi connectivity index (χ1v) is 2.27. The van der Waals surface area contributed by atoms with E-state index in [1.165, 1.54) is 0 Å². The first-order chi connectivity index (χ1) is 3.29. The highest BCUT2D eigenvalue weighted by molar-refractivity contribution is 5.85. The first-order valence-electron chi connectivity index (χ1n) is 2.27. The third kappa shape index (κ3) is 1.54. The molecule has 1 aromatic heterocycles. The van der Waals surface area contributed by atoms with E-state index in [1.807, 2.05) is 20.0 Å². The van der Waals surface area contributed by atoms with E-state index >= 15 is 0 Å². The van der Waals surface area contributed by atoms with Crippen LogP contribution in [0.1, 0.15) is 11.5 Å². The van der Waals surface area contributed by atoms with Crippen molar-refractivity contribution in [3.05, 3.63) is 17.7 Å². The Morgan fingerprint density at radius 3 is 2.25 bits per heavy atom. The largest absolute Gasteiger partial charge is 0.346 e. The van der Waals surface area contributed by atoms with Crippen molar-refractivity contribution in [3.8, 4) is 0 Å². The second-order valence-corrected chi connectivity index (χ2v) is 1.65. The number of H-pyrrole nitrogens is 1. The summed E-state index contributed by atoms with van der Waals surface area (Å²) in [5, 5.41) is 0. The number of nitrogens with zero attached hydrogens (tertiary/aromatic N) is 1. The van der Waals surface area contributed by atoms with Crippen LogP contribution in [0.15, 0.2) is 6.20 Å². The maximum Gasteiger partial charge on any atom is 0.103 e. The van der Waals surface area contributed by atoms with Gasteiger partial charge >= 0.3 is 0 Å². The van der Waals surface area contributed by atoms with Crippen LogP contribution in [-0.4, -0.2) is 9.97 Å². The van der Waals surface area contributed by atoms with Gasteiger partial charge in [0.15, 0.2) is 0 Å². The van der Waals surface area contributed by atoms with Crippen molar-refractivity contribution in [3.63, 3.8) is 0 Å². The molecular weight excluding hydrogens is 124 g/mol. The molecule has 0 unspecified atom stereocenters. The highest BCUT2D eigenvalue weighted by Crippen LogP contribution is 1.89. The summed E-state index contributed by atoms with van der Waals surface area (Å²) in [6, 6.07) is 0. The first kappa shape index (κ1) is 7.50. The number of hydrogen-bond acceptors (Lipinski definition) is 1. The molecule has 1 N–H and O–H groups in total. The van der Waals surface area contributed by atoms with Crippen LogP contribution in [0.2, 0.25) is 0 Å². The van der Waals surface area contributed by atoms with Crippen LogP contribution >= 0.6 is 12.4 Å². The van der Waals surface area contributed by atoms with E-state index in [9.17, 15) is 0 Å². The number of imidazole rings is 1. The summed E-state index contributed by atoms with van der Waals surface area (Å²) in [6.07, 6.45) is 1.81. The number of aromatic nitrogens is 2. The summed E-state index contributed by atoms with van der Waals surface area (Å²) in [6.45, 7) is 3.92. The van der Waals surface area contributed by atoms with Crippen LogP contribution in [0, 0.1) is 13.8 Å². The zero-order chi connectivity index (χ0) is 5.28. The summed E-state index contributed by atoms with van der Waals surface area (Å²) >= 11 is 0. The second-order valence-electron chi connectivity index (χ2n) is 1.65. The summed E-state index contributed by atoms with van der Waals surface area (Å²) in [7, 11) is 0. The fraction of sp³-hybridized carbons (Fsp3) is 0.400. The minimum Gasteiger partial charge on any atom is -0.346 e. The monoisotopic (exact) mass is 132 g/mol. The predicted molar refractivity (Wildman–Crippen MR) is 35.3 cm³/mol. The normalized spacial score (nSPS) is 8.25. The van der Waals surface area contributed by atoms with Gasteiger partial charge < -0.3 is 4.98 Å². The van der Waals surface area contributed by atoms with Gasteiger partial charge in [0, 0.05) is 11.9 Å². The van der Waals surface area contributed by atoms with Crippen molar-refractivity contribution in [2.45, 2.75) is 13.8 Å². The Morgan fingerprint density at radius 2 is 2.12 bits per heavy atom. The van der Waals surface area contributed by atoms with E-state index < -0.39 is 0 Å². The maximum absolute atomic E-state index is 3.96. The van der Waals surface area contributed by atoms with E-state index in [0.29, 0.717) is 0 Å². The Labute approximate surface area is 54.7 Å². The number of nitrogens with one attached hydrogen (secondary N) is 1. The molecule has 0 aliphatic rings. The standard InChI is InChI=1S/C5H8N2.ClH/c1-4-3-6-5(2)7-4;/h3H,1-2H3,(H,6,7);1H. The molecule has 0 aliphatic carbocycles. The molecule has 1 rings (SSSR count). The molecule has 2 nitrogen and oxygen atoms in total. The molecule has 0 saturated heterocycles. The fourth-order valence-corrected chi connectivity index (χ4v) is 0.544. The van der Waals surface area contributed by atoms with Crippen LogP contribution in [-0.2, 0) is 0 Å². The molecule has 0 saturated carbocycles. The van der Waals surface area contributed by atoms with Gasteiger partial charge in [-0.3, -0.25) is 0 Å². The van der Waals surface area contributed by atoms with E-state index in [0.717, 1.165) is 11.5 Å². The Morgan fingerprint density at radius 1 is 1.50 bits per heavy atom. The zero-order valence-electron chi connectivity index (χ0n) is 4.93. The lowest BCUT2D eigenvalue weighted by atomic mass is 10.6. The average molecular weight is 133 g/mol. The lowest BCUT2D eigenvalue weighted by Gasteiger charge is -1.74. The van der Waals surface area contributed by atoms with Gasteiger partial charge in [-0.25, -0.2) is 4.98 Å². The zero-order valence-corrected chi connectivity index (χ0v) is 5.75. The van der Waals surface area contributed by atoms with Gasteiger partial charge in [0.05, 0.1) is 0 Å². The molecule has 0 aromatic carbocycles. The summed E-state index contributed by atoms with van der Waals surface area (Å²) < 4.78 is 0. The number of aryl methyl sites for hydroxylation is 2. The molecule has 8 heavy (non-hydrogen) atoms. The highest BCUT2D eigenvalue weighted by atomic mass is 35.5. The van der Waals surface area contributed by atoms with Crippen molar-refractivity contribution in [2.75, 3.05) is 0 Å². The van der Waals surface area contributed by atoms with Gasteiger partial charge in [-0.1, -0.05) is 0 Å². The van der Waals surface area contributed by atoms with Crippen molar-refractivity contribution in [2.24, 2.45) is 0 Å². The SMILES string of the molecule is Cc1cnc(C)[nH]1.Cl. The van der Waals surface area contributed by atoms with E-state index in [-0.39, 0.29) is 12.4 Å². The van der Waals surface area contributed by atoms with E-state index in [4.69, 9.17) is 0 Å². The van der Waals surface area contributed by atoms with Gasteiger partial charge in [-0.05, 0) is 13.8 Å². The molecule has 1 heterocycles. The lowest BCUT2D eigenvalue weighted by Crippen LogP contribution is -1.70. The van der Waals surface area contributed by atoms with Crippen molar-refractivity contribution in [1.82, 2.24) is 9.97 Å². The molecule has 0 aliphatic heterocycles. The Balaban J connectivity index is 0.000000490. The molecule has 3 heteroatoms. The molecule has 0 bridgehead atoms. The maximum atomic E-state index is 3.96. The molecule has 0 amide bonds. The third-order valence-electron chi connectivity index (χ3n) is 0.830. The Hall–Kier alpha value is -0.500. The van der Waals surface area contributed by atoms with Crippen LogP contribution in [0.4, 0.5) is 0 Å². The minimum absolute atomic E-state index is 0. The second kappa shape index (κ2) is 2.72. The van der Waals surface area contributed by atoms with Gasteiger partial charge in [-0.15, -0.1) is 12.4 Å². The molecular formula is C5H9ClN2. The topological polar surface area (TPSA) is 28.7 Å². The van der Waals surface area contributed by atoms with Crippen molar-refractivity contribution >= 4 is 12.4 Å². The van der Waals surface area contributed by atoms with Crippen LogP contribution < -0.4 is 0 Å². The Bertz CT molecular complexity index is 143. The molecule has 0 spiro atoms. The predicted octanol–water partition coefficient (Wildman–Crippen LogP) is 1.45. The fourth-order valence-electron chi connectivity index (χ4n) is 0.544. The molecule has 46 valence electrons. The Kier molecular flexibility index (Phi) is 2.55. The number of aromatic amines is 1. The van der Waals surface area contributed by atoms with Crippen LogP contribution in [0.3, 0.4) is 0 Å². The summed E-state index contributed by atoms with van der Waals surface area (Å²) in [4.78, 5) is 6.99. The third-order valence-corrected chi connectivity index (χ3v) is 0.830. The lowest BCUT2D eigenvalue weighted by molar-refractivity contribution is 1.13. The molecule has 0 fully saturated rings. The van der Waals surface area contributed by atoms with Gasteiger partial charge in [0.25, 0.3) is 0 Å². The number of hydrogen-bond donors (Lipinski definition) is 1. The van der Waals surface area contributed by atoms with Crippen molar-refractivity contribution < 1.29 is 0 Å². The smallest absolute Gasteiger partial charge is 0.103 e. The molecule has 0 atom stereocenters. The quantitative estimate of drug-likeness (QED) is 0.569. The van der Waals surface area contributed by atoms with Gasteiger partial charge in [-0.2, -0.15) is 0 Å². The number of rotatable bonds is 0. The average Bonchev–Trinajstić information content (AvgIpc) is 1.87. The van der Waals surface area contributed by atoms with Crippen LogP contribution in [0.5, 0.6) is 0 Å². The van der Waals surface area contributed by atoms with Gasteiger partial charge in [0.2, 0.25) is 0 Å². The van der Waals surface area contributed by atoms with Crippen molar-refractivity contribution in [1.29, 1.82) is 0 Å². The van der Waals surface area contributed by atoms with E-state index in [2.05, 4.69) is 9.97 Å². The minimum atomic E-state index is 0. The molecule has 1 aromatic rings. The van der Waals surface area contributed by atoms with E-state index in [1.54, 1.807) is 0 Å². The number of halogens is 1. The summed E-state index contributed by atoms with van der Waals surface area (Å²) in [5.41, 5.74) is 1.12. The van der Waals surface area contributed by atoms with Crippen LogP contribution in [0.25, 0.3) is 0 Å².